The number of ketones is 1. The van der Waals surface area contributed by atoms with Crippen LogP contribution in [0.2, 0.25) is 5.02 Å². The molecule has 0 saturated carbocycles. The fraction of sp³-hybridized carbons (Fsp3) is 0.304. The monoisotopic (exact) mass is 411 g/mol. The van der Waals surface area contributed by atoms with E-state index in [9.17, 15) is 9.59 Å². The Morgan fingerprint density at radius 1 is 0.931 bits per heavy atom. The zero-order chi connectivity index (χ0) is 20.5. The van der Waals surface area contributed by atoms with Crippen LogP contribution in [0.3, 0.4) is 0 Å². The molecule has 0 radical (unpaired) electrons. The minimum absolute atomic E-state index is 0.0334. The van der Waals surface area contributed by atoms with E-state index < -0.39 is 0 Å². The van der Waals surface area contributed by atoms with Gasteiger partial charge in [0.15, 0.2) is 17.3 Å². The first-order chi connectivity index (χ1) is 14.0. The van der Waals surface area contributed by atoms with Crippen LogP contribution in [-0.4, -0.2) is 25.9 Å². The zero-order valence-electron chi connectivity index (χ0n) is 16.3. The molecule has 0 spiro atoms. The van der Waals surface area contributed by atoms with Crippen LogP contribution < -0.4 is 14.8 Å². The number of Topliss-reactive ketones (excluding diaryl/α,β-unsaturated/α-hetero) is 1. The molecule has 29 heavy (non-hydrogen) atoms. The Kier molecular flexibility index (Phi) is 5.33. The van der Waals surface area contributed by atoms with E-state index in [1.165, 1.54) is 0 Å². The van der Waals surface area contributed by atoms with Gasteiger partial charge in [0.2, 0.25) is 5.91 Å². The summed E-state index contributed by atoms with van der Waals surface area (Å²) in [5.74, 6) is 0.653. The second-order valence-corrected chi connectivity index (χ2v) is 7.74. The minimum Gasteiger partial charge on any atom is -0.493 e. The van der Waals surface area contributed by atoms with E-state index in [1.807, 2.05) is 36.4 Å². The van der Waals surface area contributed by atoms with Crippen LogP contribution in [-0.2, 0) is 9.59 Å². The molecule has 2 aliphatic rings. The lowest BCUT2D eigenvalue weighted by atomic mass is 9.73. The number of ether oxygens (including phenoxy) is 2. The Morgan fingerprint density at radius 3 is 2.41 bits per heavy atom. The maximum absolute atomic E-state index is 13.2. The Bertz CT molecular complexity index is 1010. The third-order valence-electron chi connectivity index (χ3n) is 5.69. The highest BCUT2D eigenvalue weighted by atomic mass is 35.5. The number of hydrogen-bond acceptors (Lipinski definition) is 4. The molecule has 0 fully saturated rings. The number of carbonyl (C=O) groups excluding carboxylic acids is 2. The molecule has 2 aromatic carbocycles. The second kappa shape index (κ2) is 7.91. The van der Waals surface area contributed by atoms with Gasteiger partial charge in [-0.3, -0.25) is 9.59 Å². The van der Waals surface area contributed by atoms with Gasteiger partial charge in [-0.25, -0.2) is 0 Å². The summed E-state index contributed by atoms with van der Waals surface area (Å²) in [5, 5.41) is 3.58. The number of methoxy groups -OCH3 is 2. The van der Waals surface area contributed by atoms with Gasteiger partial charge < -0.3 is 14.8 Å². The van der Waals surface area contributed by atoms with Gasteiger partial charge in [0.1, 0.15) is 0 Å². The number of allylic oxidation sites excluding steroid dienone is 2. The molecule has 1 aliphatic carbocycles. The maximum Gasteiger partial charge on any atom is 0.225 e. The molecular weight excluding hydrogens is 390 g/mol. The number of para-hydroxylation sites is 1. The third kappa shape index (κ3) is 3.51. The highest BCUT2D eigenvalue weighted by Gasteiger charge is 2.39. The van der Waals surface area contributed by atoms with E-state index in [0.29, 0.717) is 40.6 Å². The normalized spacial score (nSPS) is 21.5. The lowest BCUT2D eigenvalue weighted by Gasteiger charge is -2.35. The van der Waals surface area contributed by atoms with Crippen LogP contribution in [0.4, 0.5) is 0 Å². The van der Waals surface area contributed by atoms with Crippen LogP contribution in [0.1, 0.15) is 42.2 Å². The second-order valence-electron chi connectivity index (χ2n) is 7.33. The largest absolute Gasteiger partial charge is 0.493 e. The lowest BCUT2D eigenvalue weighted by molar-refractivity contribution is -0.122. The first-order valence-electron chi connectivity index (χ1n) is 9.54. The average Bonchev–Trinajstić information content (AvgIpc) is 2.72. The predicted octanol–water partition coefficient (Wildman–Crippen LogP) is 4.36. The van der Waals surface area contributed by atoms with Crippen molar-refractivity contribution in [3.63, 3.8) is 0 Å². The number of halogens is 1. The Hall–Kier alpha value is -2.79. The van der Waals surface area contributed by atoms with E-state index in [-0.39, 0.29) is 29.9 Å². The van der Waals surface area contributed by atoms with Crippen molar-refractivity contribution in [2.24, 2.45) is 0 Å². The van der Waals surface area contributed by atoms with Crippen LogP contribution >= 0.6 is 11.6 Å². The molecule has 150 valence electrons. The van der Waals surface area contributed by atoms with Gasteiger partial charge in [-0.2, -0.15) is 0 Å². The van der Waals surface area contributed by atoms with Crippen molar-refractivity contribution in [1.29, 1.82) is 0 Å². The van der Waals surface area contributed by atoms with Crippen molar-refractivity contribution in [2.75, 3.05) is 14.2 Å². The van der Waals surface area contributed by atoms with E-state index in [4.69, 9.17) is 21.1 Å². The molecule has 6 heteroatoms. The highest BCUT2D eigenvalue weighted by Crippen LogP contribution is 2.47. The Labute approximate surface area is 174 Å². The van der Waals surface area contributed by atoms with Crippen molar-refractivity contribution < 1.29 is 19.1 Å². The van der Waals surface area contributed by atoms with Gasteiger partial charge in [0, 0.05) is 40.6 Å². The van der Waals surface area contributed by atoms with Crippen molar-refractivity contribution in [2.45, 2.75) is 31.1 Å². The van der Waals surface area contributed by atoms with Crippen molar-refractivity contribution in [1.82, 2.24) is 5.32 Å². The molecule has 4 rings (SSSR count). The number of carbonyl (C=O) groups is 2. The molecule has 0 aromatic heterocycles. The van der Waals surface area contributed by atoms with Crippen molar-refractivity contribution in [3.05, 3.63) is 69.9 Å². The summed E-state index contributed by atoms with van der Waals surface area (Å²) in [7, 11) is 3.13. The summed E-state index contributed by atoms with van der Waals surface area (Å²) in [6.45, 7) is 0. The number of benzene rings is 2. The highest BCUT2D eigenvalue weighted by molar-refractivity contribution is 6.31. The Balaban J connectivity index is 1.78. The average molecular weight is 412 g/mol. The maximum atomic E-state index is 13.2. The van der Waals surface area contributed by atoms with E-state index in [0.717, 1.165) is 11.1 Å². The molecule has 0 unspecified atom stereocenters. The van der Waals surface area contributed by atoms with Crippen molar-refractivity contribution in [3.8, 4) is 11.5 Å². The SMILES string of the molecule is COc1cccc([C@@H]2CC(=O)NC3=C2C(=O)C[C@@H](c2ccccc2Cl)C3)c1OC. The van der Waals surface area contributed by atoms with E-state index in [2.05, 4.69) is 5.32 Å². The summed E-state index contributed by atoms with van der Waals surface area (Å²) in [4.78, 5) is 25.8. The molecule has 0 saturated heterocycles. The minimum atomic E-state index is -0.358. The summed E-state index contributed by atoms with van der Waals surface area (Å²) < 4.78 is 11.0. The van der Waals surface area contributed by atoms with E-state index >= 15 is 0 Å². The molecule has 0 bridgehead atoms. The topological polar surface area (TPSA) is 64.6 Å². The van der Waals surface area contributed by atoms with Gasteiger partial charge in [-0.1, -0.05) is 41.9 Å². The van der Waals surface area contributed by atoms with Gasteiger partial charge in [-0.15, -0.1) is 0 Å². The van der Waals surface area contributed by atoms with Crippen LogP contribution in [0, 0.1) is 0 Å². The molecule has 2 atom stereocenters. The molecule has 1 aliphatic heterocycles. The number of amides is 1. The van der Waals surface area contributed by atoms with Crippen molar-refractivity contribution >= 4 is 23.3 Å². The summed E-state index contributed by atoms with van der Waals surface area (Å²) in [5.41, 5.74) is 3.08. The van der Waals surface area contributed by atoms with Gasteiger partial charge in [0.05, 0.1) is 14.2 Å². The molecule has 1 amide bonds. The fourth-order valence-corrected chi connectivity index (χ4v) is 4.73. The molecule has 1 heterocycles. The summed E-state index contributed by atoms with van der Waals surface area (Å²) in [6, 6.07) is 13.1. The molecular formula is C23H22ClNO4. The smallest absolute Gasteiger partial charge is 0.225 e. The van der Waals surface area contributed by atoms with Crippen LogP contribution in [0.5, 0.6) is 11.5 Å². The summed E-state index contributed by atoms with van der Waals surface area (Å²) >= 11 is 6.36. The first kappa shape index (κ1) is 19.5. The molecule has 1 N–H and O–H groups in total. The Morgan fingerprint density at radius 2 is 1.69 bits per heavy atom. The fourth-order valence-electron chi connectivity index (χ4n) is 4.44. The quantitative estimate of drug-likeness (QED) is 0.811. The molecule has 2 aromatic rings. The molecule has 5 nitrogen and oxygen atoms in total. The van der Waals surface area contributed by atoms with Gasteiger partial charge >= 0.3 is 0 Å². The lowest BCUT2D eigenvalue weighted by Crippen LogP contribution is -2.38. The van der Waals surface area contributed by atoms with Crippen LogP contribution in [0.15, 0.2) is 53.7 Å². The van der Waals surface area contributed by atoms with E-state index in [1.54, 1.807) is 20.3 Å². The third-order valence-corrected chi connectivity index (χ3v) is 6.03. The summed E-state index contributed by atoms with van der Waals surface area (Å²) in [6.07, 6.45) is 1.13. The van der Waals surface area contributed by atoms with Crippen LogP contribution in [0.25, 0.3) is 0 Å². The zero-order valence-corrected chi connectivity index (χ0v) is 17.1. The number of hydrogen-bond donors (Lipinski definition) is 1. The van der Waals surface area contributed by atoms with Gasteiger partial charge in [0.25, 0.3) is 0 Å². The number of nitrogens with one attached hydrogen (secondary N) is 1. The predicted molar refractivity (Wildman–Crippen MR) is 111 cm³/mol. The standard InChI is InChI=1S/C23H22ClNO4/c1-28-20-9-5-7-15(23(20)29-2)16-12-21(27)25-18-10-13(11-19(26)22(16)18)14-6-3-4-8-17(14)24/h3-9,13,16H,10-12H2,1-2H3,(H,25,27)/t13-,16-/m0/s1. The first-order valence-corrected chi connectivity index (χ1v) is 9.92. The van der Waals surface area contributed by atoms with Gasteiger partial charge in [-0.05, 0) is 30.0 Å². The number of rotatable bonds is 4.